The first-order valence-corrected chi connectivity index (χ1v) is 14.3. The van der Waals surface area contributed by atoms with Gasteiger partial charge < -0.3 is 10.2 Å². The number of alkyl halides is 3. The first kappa shape index (κ1) is 28.3. The van der Waals surface area contributed by atoms with E-state index >= 15 is 0 Å². The van der Waals surface area contributed by atoms with E-state index in [9.17, 15) is 23.4 Å². The second-order valence-corrected chi connectivity index (χ2v) is 13.0. The normalized spacial score (nSPS) is 44.9. The monoisotopic (exact) mass is 488 g/mol. The molecule has 0 saturated heterocycles. The zero-order chi connectivity index (χ0) is 25.5. The number of hydrogen-bond donors (Lipinski definition) is 2. The summed E-state index contributed by atoms with van der Waals surface area (Å²) in [6, 6.07) is 0. The maximum Gasteiger partial charge on any atom is 0.416 e. The van der Waals surface area contributed by atoms with Gasteiger partial charge in [-0.25, -0.2) is 0 Å². The number of rotatable bonds is 4. The summed E-state index contributed by atoms with van der Waals surface area (Å²) in [7, 11) is 0. The van der Waals surface area contributed by atoms with Crippen molar-refractivity contribution in [3.05, 3.63) is 0 Å². The lowest BCUT2D eigenvalue weighted by atomic mass is 9.46. The Hall–Kier alpha value is -0.290. The van der Waals surface area contributed by atoms with Gasteiger partial charge >= 0.3 is 6.18 Å². The molecule has 0 radical (unpaired) electrons. The minimum atomic E-state index is -4.56. The second kappa shape index (κ2) is 10.2. The van der Waals surface area contributed by atoms with Gasteiger partial charge in [0.15, 0.2) is 5.60 Å². The fourth-order valence-corrected chi connectivity index (χ4v) is 9.30. The summed E-state index contributed by atoms with van der Waals surface area (Å²) in [5.74, 6) is 3.47. The molecule has 4 rings (SSSR count). The molecule has 4 aliphatic carbocycles. The summed E-state index contributed by atoms with van der Waals surface area (Å²) in [4.78, 5) is 0. The molecule has 34 heavy (non-hydrogen) atoms. The van der Waals surface area contributed by atoms with Crippen LogP contribution in [0.1, 0.15) is 119 Å². The van der Waals surface area contributed by atoms with Gasteiger partial charge in [-0.3, -0.25) is 0 Å². The highest BCUT2D eigenvalue weighted by Crippen LogP contribution is 2.68. The van der Waals surface area contributed by atoms with Crippen LogP contribution in [0.25, 0.3) is 0 Å². The molecule has 0 bridgehead atoms. The molecule has 5 heteroatoms. The van der Waals surface area contributed by atoms with Gasteiger partial charge in [0.25, 0.3) is 0 Å². The Morgan fingerprint density at radius 2 is 1.56 bits per heavy atom. The van der Waals surface area contributed by atoms with Gasteiger partial charge in [-0.15, -0.1) is 0 Å². The van der Waals surface area contributed by atoms with Crippen LogP contribution in [-0.2, 0) is 0 Å². The SMILES string of the molecule is CC.C[C@H](CC[C@@](C)(O)C(F)(F)F)C1CCC2C3CCC4CC(O)CCCC4(C)C3CCC21C. The predicted molar refractivity (Wildman–Crippen MR) is 132 cm³/mol. The Morgan fingerprint density at radius 1 is 0.912 bits per heavy atom. The van der Waals surface area contributed by atoms with Gasteiger partial charge in [-0.05, 0) is 124 Å². The smallest absolute Gasteiger partial charge is 0.393 e. The van der Waals surface area contributed by atoms with E-state index < -0.39 is 11.8 Å². The minimum absolute atomic E-state index is 0.127. The minimum Gasteiger partial charge on any atom is -0.393 e. The first-order valence-electron chi connectivity index (χ1n) is 14.3. The van der Waals surface area contributed by atoms with Crippen molar-refractivity contribution < 1.29 is 23.4 Å². The molecule has 0 aromatic heterocycles. The molecule has 0 amide bonds. The van der Waals surface area contributed by atoms with Crippen LogP contribution in [0.15, 0.2) is 0 Å². The van der Waals surface area contributed by atoms with E-state index in [1.165, 1.54) is 38.5 Å². The number of aliphatic hydroxyl groups is 2. The Kier molecular flexibility index (Phi) is 8.51. The highest BCUT2D eigenvalue weighted by molar-refractivity contribution is 5.09. The molecule has 4 aliphatic rings. The summed E-state index contributed by atoms with van der Waals surface area (Å²) in [5, 5.41) is 20.3. The molecular weight excluding hydrogens is 437 g/mol. The largest absolute Gasteiger partial charge is 0.416 e. The third-order valence-electron chi connectivity index (χ3n) is 11.3. The third kappa shape index (κ3) is 4.95. The average molecular weight is 489 g/mol. The lowest BCUT2D eigenvalue weighted by molar-refractivity contribution is -0.256. The molecule has 2 nitrogen and oxygen atoms in total. The topological polar surface area (TPSA) is 40.5 Å². The van der Waals surface area contributed by atoms with Crippen molar-refractivity contribution in [2.45, 2.75) is 136 Å². The molecule has 200 valence electrons. The summed E-state index contributed by atoms with van der Waals surface area (Å²) in [6.07, 6.45) is 7.11. The lowest BCUT2D eigenvalue weighted by Gasteiger charge is -2.59. The predicted octanol–water partition coefficient (Wildman–Crippen LogP) is 8.15. The molecule has 0 aromatic rings. The summed E-state index contributed by atoms with van der Waals surface area (Å²) >= 11 is 0. The maximum absolute atomic E-state index is 13.1. The lowest BCUT2D eigenvalue weighted by Crippen LogP contribution is -2.52. The Labute approximate surface area is 206 Å². The van der Waals surface area contributed by atoms with Crippen LogP contribution in [0.5, 0.6) is 0 Å². The van der Waals surface area contributed by atoms with Gasteiger partial charge in [0, 0.05) is 0 Å². The van der Waals surface area contributed by atoms with E-state index in [1.807, 2.05) is 13.8 Å². The summed E-state index contributed by atoms with van der Waals surface area (Å²) < 4.78 is 39.4. The van der Waals surface area contributed by atoms with Crippen LogP contribution in [0.2, 0.25) is 0 Å². The van der Waals surface area contributed by atoms with Crippen LogP contribution >= 0.6 is 0 Å². The van der Waals surface area contributed by atoms with Crippen LogP contribution < -0.4 is 0 Å². The van der Waals surface area contributed by atoms with Crippen molar-refractivity contribution in [2.75, 3.05) is 0 Å². The van der Waals surface area contributed by atoms with E-state index in [-0.39, 0.29) is 23.9 Å². The van der Waals surface area contributed by atoms with E-state index in [0.29, 0.717) is 29.6 Å². The van der Waals surface area contributed by atoms with E-state index in [1.54, 1.807) is 0 Å². The van der Waals surface area contributed by atoms with Crippen molar-refractivity contribution >= 4 is 0 Å². The molecule has 0 aliphatic heterocycles. The molecular formula is C29H51F3O2. The van der Waals surface area contributed by atoms with Crippen LogP contribution in [0.3, 0.4) is 0 Å². The fraction of sp³-hybridized carbons (Fsp3) is 1.00. The molecule has 4 saturated carbocycles. The van der Waals surface area contributed by atoms with Crippen LogP contribution in [0.4, 0.5) is 13.2 Å². The molecule has 0 spiro atoms. The number of fused-ring (bicyclic) bond motifs is 5. The van der Waals surface area contributed by atoms with Gasteiger partial charge in [0.05, 0.1) is 6.10 Å². The number of hydrogen-bond acceptors (Lipinski definition) is 2. The summed E-state index contributed by atoms with van der Waals surface area (Å²) in [6.45, 7) is 12.0. The molecule has 0 heterocycles. The number of halogens is 3. The zero-order valence-electron chi connectivity index (χ0n) is 22.6. The van der Waals surface area contributed by atoms with E-state index in [0.717, 1.165) is 44.4 Å². The first-order chi connectivity index (χ1) is 15.8. The van der Waals surface area contributed by atoms with Crippen molar-refractivity contribution in [3.63, 3.8) is 0 Å². The van der Waals surface area contributed by atoms with E-state index in [4.69, 9.17) is 0 Å². The van der Waals surface area contributed by atoms with Gasteiger partial charge in [-0.1, -0.05) is 41.0 Å². The van der Waals surface area contributed by atoms with E-state index in [2.05, 4.69) is 20.8 Å². The zero-order valence-corrected chi connectivity index (χ0v) is 22.6. The third-order valence-corrected chi connectivity index (χ3v) is 11.3. The van der Waals surface area contributed by atoms with Crippen molar-refractivity contribution in [1.29, 1.82) is 0 Å². The van der Waals surface area contributed by atoms with Crippen molar-refractivity contribution in [3.8, 4) is 0 Å². The highest BCUT2D eigenvalue weighted by Gasteiger charge is 2.60. The molecule has 10 atom stereocenters. The molecule has 8 unspecified atom stereocenters. The fourth-order valence-electron chi connectivity index (χ4n) is 9.30. The Bertz CT molecular complexity index is 677. The molecule has 2 N–H and O–H groups in total. The summed E-state index contributed by atoms with van der Waals surface area (Å²) in [5.41, 5.74) is -2.02. The highest BCUT2D eigenvalue weighted by atomic mass is 19.4. The molecule has 4 fully saturated rings. The van der Waals surface area contributed by atoms with Gasteiger partial charge in [-0.2, -0.15) is 13.2 Å². The van der Waals surface area contributed by atoms with Crippen molar-refractivity contribution in [1.82, 2.24) is 0 Å². The van der Waals surface area contributed by atoms with Crippen LogP contribution in [-0.4, -0.2) is 28.1 Å². The standard InChI is InChI=1S/C27H45F3O2.C2H6/c1-17(11-15-26(4,32)27(28,29)30)21-9-10-22-20-8-7-18-16-19(31)6-5-13-24(18,2)23(20)12-14-25(21,22)3;1-2/h17-23,31-32H,5-16H2,1-4H3;1-2H3/t17-,18?,19?,20?,21?,22?,23?,24?,25?,26-;/m1./s1. The average Bonchev–Trinajstić information content (AvgIpc) is 3.03. The molecule has 0 aromatic carbocycles. The Morgan fingerprint density at radius 3 is 2.21 bits per heavy atom. The van der Waals surface area contributed by atoms with Gasteiger partial charge in [0.1, 0.15) is 0 Å². The Balaban J connectivity index is 0.00000158. The quantitative estimate of drug-likeness (QED) is 0.419. The second-order valence-electron chi connectivity index (χ2n) is 13.0. The van der Waals surface area contributed by atoms with Crippen LogP contribution in [0, 0.1) is 46.3 Å². The maximum atomic E-state index is 13.1. The van der Waals surface area contributed by atoms with Crippen molar-refractivity contribution in [2.24, 2.45) is 46.3 Å². The number of aliphatic hydroxyl groups excluding tert-OH is 1. The van der Waals surface area contributed by atoms with Gasteiger partial charge in [0.2, 0.25) is 0 Å².